The van der Waals surface area contributed by atoms with Crippen molar-refractivity contribution in [1.29, 1.82) is 0 Å². The van der Waals surface area contributed by atoms with Gasteiger partial charge in [0.25, 0.3) is 5.91 Å². The molecule has 2 aliphatic rings. The van der Waals surface area contributed by atoms with Crippen LogP contribution in [0.1, 0.15) is 134 Å². The van der Waals surface area contributed by atoms with Gasteiger partial charge in [-0.05, 0) is 47.7 Å². The van der Waals surface area contributed by atoms with Crippen LogP contribution in [0.4, 0.5) is 17.1 Å². The predicted octanol–water partition coefficient (Wildman–Crippen LogP) is 15.1. The summed E-state index contributed by atoms with van der Waals surface area (Å²) >= 11 is 26.0. The summed E-state index contributed by atoms with van der Waals surface area (Å²) in [4.78, 5) is 46.0. The minimum absolute atomic E-state index is 0.0592. The molecule has 0 radical (unpaired) electrons. The van der Waals surface area contributed by atoms with Crippen molar-refractivity contribution in [3.63, 3.8) is 0 Å². The van der Waals surface area contributed by atoms with E-state index in [-0.39, 0.29) is 56.2 Å². The number of carbonyl (C=O) groups excluding carboxylic acids is 3. The van der Waals surface area contributed by atoms with Crippen molar-refractivity contribution >= 4 is 97.5 Å². The fourth-order valence-electron chi connectivity index (χ4n) is 8.30. The zero-order valence-electron chi connectivity index (χ0n) is 34.4. The Hall–Kier alpha value is -3.82. The Morgan fingerprint density at radius 1 is 0.667 bits per heavy atom. The van der Waals surface area contributed by atoms with Gasteiger partial charge in [0.05, 0.1) is 26.4 Å². The fourth-order valence-corrected chi connectivity index (χ4v) is 9.45. The van der Waals surface area contributed by atoms with E-state index < -0.39 is 17.9 Å². The van der Waals surface area contributed by atoms with E-state index in [0.29, 0.717) is 22.7 Å². The van der Waals surface area contributed by atoms with Crippen molar-refractivity contribution in [2.24, 2.45) is 21.1 Å². The molecule has 3 atom stereocenters. The molecule has 1 aliphatic carbocycles. The van der Waals surface area contributed by atoms with Gasteiger partial charge in [-0.1, -0.05) is 199 Å². The molecular formula is C48H55Cl4N5O3. The number of Topliss-reactive ketones (excluding diaryl/α,β-unsaturated/α-hetero) is 2. The lowest BCUT2D eigenvalue weighted by Gasteiger charge is -2.19. The summed E-state index contributed by atoms with van der Waals surface area (Å²) in [6.07, 6.45) is 21.5. The number of hydrazine groups is 1. The first-order valence-electron chi connectivity index (χ1n) is 21.7. The molecule has 60 heavy (non-hydrogen) atoms. The molecule has 1 saturated heterocycles. The topological polar surface area (TPSA) is 104 Å². The van der Waals surface area contributed by atoms with Crippen LogP contribution in [0.2, 0.25) is 20.1 Å². The third-order valence-electron chi connectivity index (χ3n) is 11.6. The number of hydrogen-bond donors (Lipinski definition) is 1. The number of hydrogen-bond acceptors (Lipinski definition) is 6. The van der Waals surface area contributed by atoms with Gasteiger partial charge in [0, 0.05) is 22.7 Å². The lowest BCUT2D eigenvalue weighted by Crippen LogP contribution is -2.36. The monoisotopic (exact) mass is 889 g/mol. The normalized spacial score (nSPS) is 18.8. The van der Waals surface area contributed by atoms with Crippen molar-refractivity contribution in [2.45, 2.75) is 134 Å². The van der Waals surface area contributed by atoms with Gasteiger partial charge in [-0.3, -0.25) is 19.8 Å². The van der Waals surface area contributed by atoms with Gasteiger partial charge < -0.3 is 0 Å². The highest BCUT2D eigenvalue weighted by molar-refractivity contribution is 6.43. The molecule has 2 fully saturated rings. The summed E-state index contributed by atoms with van der Waals surface area (Å²) < 4.78 is 0. The number of aliphatic imine (C=N–C) groups is 1. The predicted molar refractivity (Wildman–Crippen MR) is 248 cm³/mol. The van der Waals surface area contributed by atoms with E-state index >= 15 is 0 Å². The average molecular weight is 892 g/mol. The Balaban J connectivity index is 1.08. The van der Waals surface area contributed by atoms with Gasteiger partial charge in [0.1, 0.15) is 17.4 Å². The van der Waals surface area contributed by atoms with Gasteiger partial charge in [-0.25, -0.2) is 10.0 Å². The molecular weight excluding hydrogens is 836 g/mol. The van der Waals surface area contributed by atoms with Gasteiger partial charge in [-0.15, -0.1) is 0 Å². The number of unbranched alkanes of at least 4 members (excludes halogenated alkanes) is 15. The highest BCUT2D eigenvalue weighted by Gasteiger charge is 2.43. The van der Waals surface area contributed by atoms with E-state index in [9.17, 15) is 14.4 Å². The van der Waals surface area contributed by atoms with Crippen molar-refractivity contribution in [3.05, 3.63) is 98.5 Å². The van der Waals surface area contributed by atoms with Crippen LogP contribution in [0, 0.1) is 5.92 Å². The molecule has 1 N–H and O–H groups in total. The van der Waals surface area contributed by atoms with E-state index in [4.69, 9.17) is 51.4 Å². The standard InChI is InChI=1S/C48H55Cl4N5O3/c1-2-3-4-5-6-7-8-9-10-11-12-13-14-15-16-17-22-34-29-42(58)43(46(34)59)33-26-27-37(50)41(28-33)53-47-44(55-54-40-25-20-23-32-21-18-19-24-36(32)40)48(60)57(56-47)45-38(51)30-35(49)31-39(45)52/h18-21,23-28,30-31,34,43-44H,2-17,22,29H2,1H3,(H,53,56). The largest absolute Gasteiger partial charge is 0.298 e. The first-order chi connectivity index (χ1) is 29.2. The first kappa shape index (κ1) is 45.7. The molecule has 1 saturated carbocycles. The van der Waals surface area contributed by atoms with Crippen LogP contribution in [-0.2, 0) is 14.4 Å². The summed E-state index contributed by atoms with van der Waals surface area (Å²) in [6.45, 7) is 2.27. The number of nitrogens with zero attached hydrogens (tertiary/aromatic N) is 4. The molecule has 0 spiro atoms. The minimum atomic E-state index is -1.25. The van der Waals surface area contributed by atoms with Gasteiger partial charge in [0.15, 0.2) is 11.6 Å². The van der Waals surface area contributed by atoms with E-state index in [1.54, 1.807) is 18.2 Å². The SMILES string of the molecule is CCCCCCCCCCCCCCCCCCC1CC(=O)C(c2ccc(Cl)c(N=C3NN(c4c(Cl)cc(Cl)cc4Cl)C(=O)C3N=Nc3cccc4ccccc34)c2)C1=O. The van der Waals surface area contributed by atoms with Gasteiger partial charge in [0.2, 0.25) is 6.04 Å². The number of benzene rings is 4. The van der Waals surface area contributed by atoms with Gasteiger partial charge >= 0.3 is 0 Å². The Kier molecular flexibility index (Phi) is 17.4. The van der Waals surface area contributed by atoms with E-state index in [0.717, 1.165) is 35.0 Å². The molecule has 8 nitrogen and oxygen atoms in total. The van der Waals surface area contributed by atoms with Crippen molar-refractivity contribution in [2.75, 3.05) is 5.01 Å². The van der Waals surface area contributed by atoms with Crippen molar-refractivity contribution in [1.82, 2.24) is 5.43 Å². The highest BCUT2D eigenvalue weighted by Crippen LogP contribution is 2.40. The molecule has 0 aromatic heterocycles. The minimum Gasteiger partial charge on any atom is -0.298 e. The number of amides is 1. The van der Waals surface area contributed by atoms with Crippen LogP contribution >= 0.6 is 46.4 Å². The van der Waals surface area contributed by atoms with E-state index in [2.05, 4.69) is 22.6 Å². The third-order valence-corrected chi connectivity index (χ3v) is 12.7. The number of amidine groups is 1. The second-order valence-electron chi connectivity index (χ2n) is 16.1. The summed E-state index contributed by atoms with van der Waals surface area (Å²) in [5.74, 6) is -1.80. The van der Waals surface area contributed by atoms with E-state index in [1.807, 2.05) is 42.5 Å². The maximum atomic E-state index is 14.1. The smallest absolute Gasteiger partial charge is 0.280 e. The van der Waals surface area contributed by atoms with E-state index in [1.165, 1.54) is 95.6 Å². The lowest BCUT2D eigenvalue weighted by atomic mass is 9.92. The zero-order valence-corrected chi connectivity index (χ0v) is 37.4. The number of nitrogens with one attached hydrogen (secondary N) is 1. The third kappa shape index (κ3) is 12.0. The Morgan fingerprint density at radius 2 is 1.27 bits per heavy atom. The molecule has 1 amide bonds. The molecule has 12 heteroatoms. The summed E-state index contributed by atoms with van der Waals surface area (Å²) in [7, 11) is 0. The van der Waals surface area contributed by atoms with Crippen LogP contribution in [-0.4, -0.2) is 29.4 Å². The second-order valence-corrected chi connectivity index (χ2v) is 17.8. The van der Waals surface area contributed by atoms with Crippen LogP contribution < -0.4 is 10.4 Å². The molecule has 1 heterocycles. The molecule has 0 bridgehead atoms. The number of anilines is 1. The molecule has 4 aromatic rings. The molecule has 4 aromatic carbocycles. The lowest BCUT2D eigenvalue weighted by molar-refractivity contribution is -0.125. The summed E-state index contributed by atoms with van der Waals surface area (Å²) in [5, 5.41) is 12.8. The first-order valence-corrected chi connectivity index (χ1v) is 23.3. The number of azo groups is 1. The zero-order chi connectivity index (χ0) is 42.4. The maximum absolute atomic E-state index is 14.1. The molecule has 3 unspecified atom stereocenters. The quantitative estimate of drug-likeness (QED) is 0.0482. The van der Waals surface area contributed by atoms with Gasteiger partial charge in [-0.2, -0.15) is 10.2 Å². The van der Waals surface area contributed by atoms with Crippen LogP contribution in [0.3, 0.4) is 0 Å². The number of carbonyl (C=O) groups is 3. The number of rotatable bonds is 22. The second kappa shape index (κ2) is 22.9. The van der Waals surface area contributed by atoms with Crippen molar-refractivity contribution < 1.29 is 14.4 Å². The Labute approximate surface area is 374 Å². The fraction of sp³-hybridized carbons (Fsp3) is 0.458. The number of fused-ring (bicyclic) bond motifs is 1. The maximum Gasteiger partial charge on any atom is 0.280 e. The van der Waals surface area contributed by atoms with Crippen molar-refractivity contribution in [3.8, 4) is 0 Å². The number of halogens is 4. The van der Waals surface area contributed by atoms with Crippen LogP contribution in [0.15, 0.2) is 88.0 Å². The molecule has 6 rings (SSSR count). The summed E-state index contributed by atoms with van der Waals surface area (Å²) in [5.41, 5.74) is 4.51. The molecule has 318 valence electrons. The highest BCUT2D eigenvalue weighted by atomic mass is 35.5. The molecule has 1 aliphatic heterocycles. The summed E-state index contributed by atoms with van der Waals surface area (Å²) in [6, 6.07) is 20.0. The Bertz CT molecular complexity index is 2160. The van der Waals surface area contributed by atoms with Crippen LogP contribution in [0.25, 0.3) is 10.8 Å². The Morgan fingerprint density at radius 3 is 1.92 bits per heavy atom. The average Bonchev–Trinajstić information content (AvgIpc) is 3.69. The number of ketones is 2. The van der Waals surface area contributed by atoms with Crippen LogP contribution in [0.5, 0.6) is 0 Å².